The van der Waals surface area contributed by atoms with Crippen molar-refractivity contribution in [3.8, 4) is 0 Å². The van der Waals surface area contributed by atoms with E-state index >= 15 is 0 Å². The maximum Gasteiger partial charge on any atom is 0.233 e. The van der Waals surface area contributed by atoms with Crippen LogP contribution in [0.3, 0.4) is 0 Å². The summed E-state index contributed by atoms with van der Waals surface area (Å²) in [5, 5.41) is 1.17. The van der Waals surface area contributed by atoms with Crippen molar-refractivity contribution in [2.24, 2.45) is 0 Å². The van der Waals surface area contributed by atoms with Gasteiger partial charge in [0.25, 0.3) is 0 Å². The number of benzene rings is 1. The maximum absolute atomic E-state index is 13.3. The summed E-state index contributed by atoms with van der Waals surface area (Å²) >= 11 is 2.99. The number of hydrazine groups is 1. The second kappa shape index (κ2) is 5.36. The van der Waals surface area contributed by atoms with Gasteiger partial charge in [-0.2, -0.15) is 0 Å². The number of hydrogen-bond donors (Lipinski definition) is 1. The molecule has 16 heavy (non-hydrogen) atoms. The monoisotopic (exact) mass is 292 g/mol. The predicted molar refractivity (Wildman–Crippen MR) is 59.3 cm³/mol. The number of nitrogens with zero attached hydrogens (tertiary/aromatic N) is 1. The second-order valence-electron chi connectivity index (χ2n) is 3.26. The van der Waals surface area contributed by atoms with Crippen molar-refractivity contribution >= 4 is 21.8 Å². The quantitative estimate of drug-likeness (QED) is 0.867. The summed E-state index contributed by atoms with van der Waals surface area (Å²) in [4.78, 5) is 10.9. The van der Waals surface area contributed by atoms with E-state index in [0.717, 1.165) is 0 Å². The van der Waals surface area contributed by atoms with E-state index in [1.165, 1.54) is 31.1 Å². The lowest BCUT2D eigenvalue weighted by Gasteiger charge is -2.16. The van der Waals surface area contributed by atoms with E-state index in [0.29, 0.717) is 4.47 Å². The third kappa shape index (κ3) is 3.24. The van der Waals surface area contributed by atoms with E-state index in [4.69, 9.17) is 0 Å². The van der Waals surface area contributed by atoms with Crippen molar-refractivity contribution in [2.45, 2.75) is 13.5 Å². The summed E-state index contributed by atoms with van der Waals surface area (Å²) in [6.07, 6.45) is 0. The summed E-state index contributed by atoms with van der Waals surface area (Å²) in [6.45, 7) is 1.27. The zero-order valence-corrected chi connectivity index (χ0v) is 10.4. The number of halogens is 3. The molecule has 3 nitrogen and oxygen atoms in total. The Labute approximate surface area is 101 Å². The van der Waals surface area contributed by atoms with E-state index in [2.05, 4.69) is 21.4 Å². The Morgan fingerprint density at radius 3 is 2.38 bits per heavy atom. The first-order valence-electron chi connectivity index (χ1n) is 4.53. The van der Waals surface area contributed by atoms with Crippen LogP contribution in [0, 0.1) is 11.6 Å². The maximum atomic E-state index is 13.3. The lowest BCUT2D eigenvalue weighted by molar-refractivity contribution is -0.130. The minimum atomic E-state index is -0.656. The third-order valence-corrected chi connectivity index (χ3v) is 2.53. The normalized spacial score (nSPS) is 10.3. The van der Waals surface area contributed by atoms with Gasteiger partial charge < -0.3 is 0 Å². The zero-order chi connectivity index (χ0) is 12.3. The summed E-state index contributed by atoms with van der Waals surface area (Å²) < 4.78 is 27.0. The van der Waals surface area contributed by atoms with Gasteiger partial charge in [0.2, 0.25) is 5.91 Å². The highest BCUT2D eigenvalue weighted by atomic mass is 79.9. The number of carbonyl (C=O) groups excluding carboxylic acids is 1. The topological polar surface area (TPSA) is 32.3 Å². The van der Waals surface area contributed by atoms with Crippen molar-refractivity contribution in [1.82, 2.24) is 10.4 Å². The first kappa shape index (κ1) is 13.1. The number of hydrogen-bond acceptors (Lipinski definition) is 2. The Bertz CT molecular complexity index is 389. The van der Waals surface area contributed by atoms with Crippen molar-refractivity contribution < 1.29 is 13.6 Å². The molecule has 1 amide bonds. The van der Waals surface area contributed by atoms with Crippen LogP contribution in [0.1, 0.15) is 12.5 Å². The molecule has 0 aliphatic carbocycles. The lowest BCUT2D eigenvalue weighted by Crippen LogP contribution is -2.37. The Morgan fingerprint density at radius 1 is 1.44 bits per heavy atom. The molecule has 0 spiro atoms. The highest BCUT2D eigenvalue weighted by Crippen LogP contribution is 2.19. The Kier molecular flexibility index (Phi) is 4.37. The molecule has 0 heterocycles. The Morgan fingerprint density at radius 2 is 1.94 bits per heavy atom. The molecule has 0 bridgehead atoms. The fraction of sp³-hybridized carbons (Fsp3) is 0.300. The summed E-state index contributed by atoms with van der Waals surface area (Å²) in [7, 11) is 1.48. The van der Waals surface area contributed by atoms with Gasteiger partial charge in [-0.25, -0.2) is 14.2 Å². The van der Waals surface area contributed by atoms with Gasteiger partial charge in [-0.05, 0) is 12.1 Å². The smallest absolute Gasteiger partial charge is 0.233 e. The minimum Gasteiger partial charge on any atom is -0.281 e. The molecule has 1 rings (SSSR count). The van der Waals surface area contributed by atoms with E-state index in [1.54, 1.807) is 0 Å². The van der Waals surface area contributed by atoms with Crippen LogP contribution < -0.4 is 5.43 Å². The zero-order valence-electron chi connectivity index (χ0n) is 8.85. The number of amides is 1. The molecule has 0 radical (unpaired) electrons. The predicted octanol–water partition coefficient (Wildman–Crippen LogP) is 2.21. The number of nitrogens with one attached hydrogen (secondary N) is 1. The highest BCUT2D eigenvalue weighted by molar-refractivity contribution is 9.10. The third-order valence-electron chi connectivity index (χ3n) is 2.07. The van der Waals surface area contributed by atoms with Crippen LogP contribution in [0.4, 0.5) is 8.78 Å². The van der Waals surface area contributed by atoms with Crippen LogP contribution in [0.15, 0.2) is 16.6 Å². The molecule has 0 saturated heterocycles. The van der Waals surface area contributed by atoms with Gasteiger partial charge in [-0.15, -0.1) is 0 Å². The number of rotatable bonds is 3. The standard InChI is InChI=1S/C10H11BrF2N2O/c1-6(16)15(2)14-5-8-9(12)3-7(11)4-10(8)13/h3-4,14H,5H2,1-2H3. The molecular weight excluding hydrogens is 282 g/mol. The number of carbonyl (C=O) groups is 1. The van der Waals surface area contributed by atoms with Crippen molar-refractivity contribution in [3.05, 3.63) is 33.8 Å². The average Bonchev–Trinajstić information content (AvgIpc) is 2.15. The molecule has 0 atom stereocenters. The molecule has 1 N–H and O–H groups in total. The van der Waals surface area contributed by atoms with Crippen molar-refractivity contribution in [1.29, 1.82) is 0 Å². The molecule has 1 aromatic rings. The molecule has 6 heteroatoms. The largest absolute Gasteiger partial charge is 0.281 e. The molecule has 0 fully saturated rings. The first-order chi connectivity index (χ1) is 7.41. The minimum absolute atomic E-state index is 0.0823. The fourth-order valence-electron chi connectivity index (χ4n) is 1.05. The first-order valence-corrected chi connectivity index (χ1v) is 5.32. The van der Waals surface area contributed by atoms with Crippen LogP contribution in [-0.4, -0.2) is 18.0 Å². The highest BCUT2D eigenvalue weighted by Gasteiger charge is 2.11. The molecule has 0 aliphatic heterocycles. The van der Waals surface area contributed by atoms with Gasteiger partial charge in [0.15, 0.2) is 0 Å². The van der Waals surface area contributed by atoms with Gasteiger partial charge in [0.1, 0.15) is 11.6 Å². The van der Waals surface area contributed by atoms with Gasteiger partial charge >= 0.3 is 0 Å². The van der Waals surface area contributed by atoms with Gasteiger partial charge in [0.05, 0.1) is 0 Å². The Hall–Kier alpha value is -1.01. The molecule has 88 valence electrons. The van der Waals surface area contributed by atoms with Crippen LogP contribution in [-0.2, 0) is 11.3 Å². The molecule has 1 aromatic carbocycles. The van der Waals surface area contributed by atoms with Gasteiger partial charge in [0, 0.05) is 30.6 Å². The van der Waals surface area contributed by atoms with E-state index in [1.807, 2.05) is 0 Å². The molecule has 0 aliphatic rings. The second-order valence-corrected chi connectivity index (χ2v) is 4.18. The lowest BCUT2D eigenvalue weighted by atomic mass is 10.2. The van der Waals surface area contributed by atoms with Crippen molar-refractivity contribution in [3.63, 3.8) is 0 Å². The van der Waals surface area contributed by atoms with Crippen LogP contribution in [0.5, 0.6) is 0 Å². The van der Waals surface area contributed by atoms with Crippen LogP contribution in [0.25, 0.3) is 0 Å². The van der Waals surface area contributed by atoms with Gasteiger partial charge in [-0.3, -0.25) is 9.80 Å². The van der Waals surface area contributed by atoms with E-state index in [-0.39, 0.29) is 18.0 Å². The van der Waals surface area contributed by atoms with Crippen molar-refractivity contribution in [2.75, 3.05) is 7.05 Å². The summed E-state index contributed by atoms with van der Waals surface area (Å²) in [5.74, 6) is -1.55. The summed E-state index contributed by atoms with van der Waals surface area (Å²) in [5.41, 5.74) is 2.49. The molecule has 0 unspecified atom stereocenters. The van der Waals surface area contributed by atoms with E-state index < -0.39 is 11.6 Å². The fourth-order valence-corrected chi connectivity index (χ4v) is 1.45. The Balaban J connectivity index is 2.78. The van der Waals surface area contributed by atoms with Gasteiger partial charge in [-0.1, -0.05) is 15.9 Å². The van der Waals surface area contributed by atoms with Crippen LogP contribution in [0.2, 0.25) is 0 Å². The van der Waals surface area contributed by atoms with E-state index in [9.17, 15) is 13.6 Å². The average molecular weight is 293 g/mol. The molecule has 0 saturated carbocycles. The van der Waals surface area contributed by atoms with Crippen LogP contribution >= 0.6 is 15.9 Å². The SMILES string of the molecule is CC(=O)N(C)NCc1c(F)cc(Br)cc1F. The molecular formula is C10H11BrF2N2O. The summed E-state index contributed by atoms with van der Waals surface area (Å²) in [6, 6.07) is 2.35. The molecule has 0 aromatic heterocycles.